The van der Waals surface area contributed by atoms with Crippen molar-refractivity contribution in [1.29, 1.82) is 0 Å². The first-order valence-electron chi connectivity index (χ1n) is 10.1. The average Bonchev–Trinajstić information content (AvgIpc) is 2.76. The zero-order valence-corrected chi connectivity index (χ0v) is 16.6. The third kappa shape index (κ3) is 6.32. The summed E-state index contributed by atoms with van der Waals surface area (Å²) in [7, 11) is 0. The maximum atomic E-state index is 12.4. The van der Waals surface area contributed by atoms with Crippen molar-refractivity contribution in [2.75, 3.05) is 45.8 Å². The fourth-order valence-corrected chi connectivity index (χ4v) is 3.31. The summed E-state index contributed by atoms with van der Waals surface area (Å²) in [6.07, 6.45) is 4.48. The number of hydrogen-bond donors (Lipinski definition) is 1. The molecule has 2 heterocycles. The molecule has 1 aromatic heterocycles. The van der Waals surface area contributed by atoms with Gasteiger partial charge < -0.3 is 19.9 Å². The normalized spacial score (nSPS) is 15.3. The molecule has 1 N–H and O–H groups in total. The van der Waals surface area contributed by atoms with Gasteiger partial charge in [0.05, 0.1) is 0 Å². The molecule has 1 saturated heterocycles. The molecule has 3 rings (SSSR count). The van der Waals surface area contributed by atoms with Crippen LogP contribution in [0.2, 0.25) is 0 Å². The lowest BCUT2D eigenvalue weighted by Gasteiger charge is -2.33. The molecule has 0 atom stereocenters. The van der Waals surface area contributed by atoms with E-state index in [2.05, 4.69) is 27.0 Å². The number of aromatic nitrogens is 1. The van der Waals surface area contributed by atoms with Gasteiger partial charge in [0.15, 0.2) is 0 Å². The number of ether oxygens (including phenoxy) is 1. The van der Waals surface area contributed by atoms with Gasteiger partial charge in [-0.2, -0.15) is 0 Å². The molecule has 1 amide bonds. The number of nitrogens with zero attached hydrogens (tertiary/aromatic N) is 3. The van der Waals surface area contributed by atoms with Crippen molar-refractivity contribution >= 4 is 5.91 Å². The Kier molecular flexibility index (Phi) is 7.82. The van der Waals surface area contributed by atoms with Crippen LogP contribution in [0.25, 0.3) is 0 Å². The number of amides is 1. The van der Waals surface area contributed by atoms with Gasteiger partial charge in [0, 0.05) is 56.2 Å². The van der Waals surface area contributed by atoms with Crippen LogP contribution in [0.1, 0.15) is 29.3 Å². The Morgan fingerprint density at radius 3 is 2.71 bits per heavy atom. The number of carbonyl (C=O) groups is 1. The summed E-state index contributed by atoms with van der Waals surface area (Å²) in [5, 5.41) is 3.02. The van der Waals surface area contributed by atoms with Crippen molar-refractivity contribution in [3.8, 4) is 5.75 Å². The summed E-state index contributed by atoms with van der Waals surface area (Å²) in [5.74, 6) is 0.632. The fourth-order valence-electron chi connectivity index (χ4n) is 3.31. The summed E-state index contributed by atoms with van der Waals surface area (Å²) in [6, 6.07) is 11.2. The topological polar surface area (TPSA) is 57.7 Å². The van der Waals surface area contributed by atoms with Crippen LogP contribution in [-0.2, 0) is 6.61 Å². The lowest BCUT2D eigenvalue weighted by atomic mass is 10.2. The molecule has 6 heteroatoms. The number of carbonyl (C=O) groups excluding carboxylic acids is 1. The molecule has 6 nitrogen and oxygen atoms in total. The molecule has 150 valence electrons. The highest BCUT2D eigenvalue weighted by Gasteiger charge is 2.14. The quantitative estimate of drug-likeness (QED) is 0.675. The van der Waals surface area contributed by atoms with Crippen LogP contribution in [0.3, 0.4) is 0 Å². The van der Waals surface area contributed by atoms with Crippen LogP contribution in [0.4, 0.5) is 0 Å². The highest BCUT2D eigenvalue weighted by molar-refractivity contribution is 5.94. The zero-order chi connectivity index (χ0) is 19.6. The van der Waals surface area contributed by atoms with Crippen molar-refractivity contribution in [2.45, 2.75) is 20.0 Å². The van der Waals surface area contributed by atoms with E-state index in [0.29, 0.717) is 24.5 Å². The van der Waals surface area contributed by atoms with Crippen LogP contribution in [0.15, 0.2) is 48.8 Å². The number of benzene rings is 1. The van der Waals surface area contributed by atoms with E-state index in [4.69, 9.17) is 4.74 Å². The largest absolute Gasteiger partial charge is 0.489 e. The summed E-state index contributed by atoms with van der Waals surface area (Å²) in [6.45, 7) is 10.0. The van der Waals surface area contributed by atoms with Crippen molar-refractivity contribution < 1.29 is 9.53 Å². The molecule has 1 fully saturated rings. The lowest BCUT2D eigenvalue weighted by molar-refractivity contribution is 0.0947. The Morgan fingerprint density at radius 1 is 1.14 bits per heavy atom. The Bertz CT molecular complexity index is 730. The van der Waals surface area contributed by atoms with E-state index in [1.807, 2.05) is 30.3 Å². The van der Waals surface area contributed by atoms with E-state index in [9.17, 15) is 4.79 Å². The van der Waals surface area contributed by atoms with Gasteiger partial charge in [0.1, 0.15) is 12.4 Å². The maximum absolute atomic E-state index is 12.4. The standard InChI is InChI=1S/C22H30N4O2/c1-2-25-12-14-26(15-13-25)11-5-10-24-22(27)20-7-3-8-21(16-20)28-18-19-6-4-9-23-17-19/h3-4,6-9,16-17H,2,5,10-15,18H2,1H3,(H,24,27). The number of pyridine rings is 1. The average molecular weight is 383 g/mol. The third-order valence-electron chi connectivity index (χ3n) is 5.07. The molecular weight excluding hydrogens is 352 g/mol. The SMILES string of the molecule is CCN1CCN(CCCNC(=O)c2cccc(OCc3cccnc3)c2)CC1. The van der Waals surface area contributed by atoms with Crippen LogP contribution < -0.4 is 10.1 Å². The van der Waals surface area contributed by atoms with Crippen molar-refractivity contribution in [3.63, 3.8) is 0 Å². The highest BCUT2D eigenvalue weighted by atomic mass is 16.5. The Hall–Kier alpha value is -2.44. The van der Waals surface area contributed by atoms with Gasteiger partial charge in [-0.25, -0.2) is 0 Å². The predicted molar refractivity (Wildman–Crippen MR) is 111 cm³/mol. The minimum atomic E-state index is -0.0531. The molecule has 0 spiro atoms. The third-order valence-corrected chi connectivity index (χ3v) is 5.07. The van der Waals surface area contributed by atoms with E-state index < -0.39 is 0 Å². The van der Waals surface area contributed by atoms with Gasteiger partial charge in [-0.1, -0.05) is 19.1 Å². The Labute approximate surface area is 167 Å². The molecule has 0 aliphatic carbocycles. The van der Waals surface area contributed by atoms with E-state index in [1.54, 1.807) is 18.5 Å². The molecule has 28 heavy (non-hydrogen) atoms. The maximum Gasteiger partial charge on any atom is 0.251 e. The van der Waals surface area contributed by atoms with E-state index in [0.717, 1.165) is 51.3 Å². The van der Waals surface area contributed by atoms with Gasteiger partial charge in [0.2, 0.25) is 0 Å². The van der Waals surface area contributed by atoms with Crippen LogP contribution in [0, 0.1) is 0 Å². The summed E-state index contributed by atoms with van der Waals surface area (Å²) < 4.78 is 5.78. The highest BCUT2D eigenvalue weighted by Crippen LogP contribution is 2.15. The number of rotatable bonds is 9. The molecule has 0 saturated carbocycles. The van der Waals surface area contributed by atoms with E-state index in [-0.39, 0.29) is 5.91 Å². The molecule has 0 bridgehead atoms. The summed E-state index contributed by atoms with van der Waals surface area (Å²) in [4.78, 5) is 21.4. The molecular formula is C22H30N4O2. The van der Waals surface area contributed by atoms with Crippen LogP contribution >= 0.6 is 0 Å². The predicted octanol–water partition coefficient (Wildman–Crippen LogP) is 2.42. The van der Waals surface area contributed by atoms with Crippen molar-refractivity contribution in [1.82, 2.24) is 20.1 Å². The molecule has 1 aliphatic heterocycles. The second-order valence-corrected chi connectivity index (χ2v) is 7.06. The lowest BCUT2D eigenvalue weighted by Crippen LogP contribution is -2.46. The van der Waals surface area contributed by atoms with E-state index >= 15 is 0 Å². The Balaban J connectivity index is 1.38. The molecule has 0 radical (unpaired) electrons. The van der Waals surface area contributed by atoms with Crippen LogP contribution in [0.5, 0.6) is 5.75 Å². The number of nitrogens with one attached hydrogen (secondary N) is 1. The van der Waals surface area contributed by atoms with Gasteiger partial charge in [0.25, 0.3) is 5.91 Å². The molecule has 0 unspecified atom stereocenters. The first kappa shape index (κ1) is 20.3. The van der Waals surface area contributed by atoms with Crippen molar-refractivity contribution in [2.24, 2.45) is 0 Å². The minimum Gasteiger partial charge on any atom is -0.489 e. The molecule has 1 aliphatic rings. The summed E-state index contributed by atoms with van der Waals surface area (Å²) >= 11 is 0. The number of hydrogen-bond acceptors (Lipinski definition) is 5. The fraction of sp³-hybridized carbons (Fsp3) is 0.455. The summed E-state index contributed by atoms with van der Waals surface area (Å²) in [5.41, 5.74) is 1.62. The molecule has 2 aromatic rings. The Morgan fingerprint density at radius 2 is 1.96 bits per heavy atom. The van der Waals surface area contributed by atoms with Gasteiger partial charge in [-0.15, -0.1) is 0 Å². The second kappa shape index (κ2) is 10.8. The first-order valence-corrected chi connectivity index (χ1v) is 10.1. The van der Waals surface area contributed by atoms with Crippen LogP contribution in [-0.4, -0.2) is 66.5 Å². The van der Waals surface area contributed by atoms with Gasteiger partial charge in [-0.05, 0) is 43.8 Å². The smallest absolute Gasteiger partial charge is 0.251 e. The number of piperazine rings is 1. The monoisotopic (exact) mass is 382 g/mol. The zero-order valence-electron chi connectivity index (χ0n) is 16.6. The van der Waals surface area contributed by atoms with Gasteiger partial charge in [-0.3, -0.25) is 9.78 Å². The van der Waals surface area contributed by atoms with Crippen molar-refractivity contribution in [3.05, 3.63) is 59.9 Å². The first-order chi connectivity index (χ1) is 13.7. The minimum absolute atomic E-state index is 0.0531. The van der Waals surface area contributed by atoms with E-state index in [1.165, 1.54) is 0 Å². The van der Waals surface area contributed by atoms with Gasteiger partial charge >= 0.3 is 0 Å². The number of likely N-dealkylation sites (N-methyl/N-ethyl adjacent to an activating group) is 1. The second-order valence-electron chi connectivity index (χ2n) is 7.06. The molecule has 1 aromatic carbocycles.